The van der Waals surface area contributed by atoms with Crippen molar-refractivity contribution < 1.29 is 4.42 Å². The monoisotopic (exact) mass is 211 g/mol. The fraction of sp³-hybridized carbons (Fsp3) is 0.143. The molecule has 0 radical (unpaired) electrons. The summed E-state index contributed by atoms with van der Waals surface area (Å²) in [6.45, 7) is 0. The molecule has 0 spiro atoms. The standard InChI is InChI=1S/C14H13NO/c1-15(2)10-7-8-12-11-5-3-4-6-13(11)16-14(12)9-10/h3-9H,1-2H3. The second-order valence-electron chi connectivity index (χ2n) is 4.17. The van der Waals surface area contributed by atoms with E-state index in [4.69, 9.17) is 4.42 Å². The van der Waals surface area contributed by atoms with Crippen molar-refractivity contribution >= 4 is 27.6 Å². The molecule has 3 aromatic rings. The molecular weight excluding hydrogens is 198 g/mol. The van der Waals surface area contributed by atoms with Gasteiger partial charge in [0.1, 0.15) is 11.2 Å². The first kappa shape index (κ1) is 9.28. The lowest BCUT2D eigenvalue weighted by atomic mass is 10.1. The summed E-state index contributed by atoms with van der Waals surface area (Å²) in [4.78, 5) is 2.08. The zero-order valence-corrected chi connectivity index (χ0v) is 9.40. The Balaban J connectivity index is 2.37. The predicted molar refractivity (Wildman–Crippen MR) is 68.0 cm³/mol. The predicted octanol–water partition coefficient (Wildman–Crippen LogP) is 3.65. The first-order valence-corrected chi connectivity index (χ1v) is 5.34. The maximum absolute atomic E-state index is 5.82. The zero-order chi connectivity index (χ0) is 11.1. The smallest absolute Gasteiger partial charge is 0.137 e. The minimum Gasteiger partial charge on any atom is -0.456 e. The van der Waals surface area contributed by atoms with Crippen LogP contribution in [0.2, 0.25) is 0 Å². The highest BCUT2D eigenvalue weighted by atomic mass is 16.3. The summed E-state index contributed by atoms with van der Waals surface area (Å²) in [7, 11) is 4.06. The first-order chi connectivity index (χ1) is 7.75. The number of rotatable bonds is 1. The average molecular weight is 211 g/mol. The Hall–Kier alpha value is -1.96. The molecule has 1 aromatic heterocycles. The van der Waals surface area contributed by atoms with E-state index in [-0.39, 0.29) is 0 Å². The van der Waals surface area contributed by atoms with Gasteiger partial charge >= 0.3 is 0 Å². The van der Waals surface area contributed by atoms with Gasteiger partial charge in [0.05, 0.1) is 0 Å². The number of benzene rings is 2. The SMILES string of the molecule is CN(C)c1ccc2c(c1)oc1ccccc12. The lowest BCUT2D eigenvalue weighted by Crippen LogP contribution is -2.07. The maximum atomic E-state index is 5.82. The van der Waals surface area contributed by atoms with E-state index >= 15 is 0 Å². The van der Waals surface area contributed by atoms with Crippen molar-refractivity contribution in [2.75, 3.05) is 19.0 Å². The summed E-state index contributed by atoms with van der Waals surface area (Å²) in [5.41, 5.74) is 3.06. The zero-order valence-electron chi connectivity index (χ0n) is 9.40. The summed E-state index contributed by atoms with van der Waals surface area (Å²) in [5, 5.41) is 2.36. The number of furan rings is 1. The van der Waals surface area contributed by atoms with Crippen LogP contribution in [0.15, 0.2) is 46.9 Å². The van der Waals surface area contributed by atoms with Crippen molar-refractivity contribution in [1.29, 1.82) is 0 Å². The molecule has 0 aliphatic carbocycles. The molecule has 0 unspecified atom stereocenters. The van der Waals surface area contributed by atoms with E-state index in [0.29, 0.717) is 0 Å². The molecule has 2 nitrogen and oxygen atoms in total. The molecule has 16 heavy (non-hydrogen) atoms. The van der Waals surface area contributed by atoms with Gasteiger partial charge in [0.15, 0.2) is 0 Å². The lowest BCUT2D eigenvalue weighted by Gasteiger charge is -2.11. The van der Waals surface area contributed by atoms with Crippen molar-refractivity contribution in [2.45, 2.75) is 0 Å². The highest BCUT2D eigenvalue weighted by Crippen LogP contribution is 2.30. The van der Waals surface area contributed by atoms with Gasteiger partial charge in [-0.3, -0.25) is 0 Å². The Kier molecular flexibility index (Phi) is 1.90. The van der Waals surface area contributed by atoms with E-state index in [1.165, 1.54) is 10.8 Å². The van der Waals surface area contributed by atoms with Gasteiger partial charge in [0.25, 0.3) is 0 Å². The van der Waals surface area contributed by atoms with Crippen LogP contribution in [0.4, 0.5) is 5.69 Å². The van der Waals surface area contributed by atoms with E-state index in [2.05, 4.69) is 29.2 Å². The number of nitrogens with zero attached hydrogens (tertiary/aromatic N) is 1. The maximum Gasteiger partial charge on any atom is 0.137 e. The second-order valence-corrected chi connectivity index (χ2v) is 4.17. The molecule has 0 aliphatic heterocycles. The van der Waals surface area contributed by atoms with E-state index in [9.17, 15) is 0 Å². The van der Waals surface area contributed by atoms with Crippen molar-refractivity contribution in [1.82, 2.24) is 0 Å². The molecule has 0 bridgehead atoms. The minimum absolute atomic E-state index is 0.951. The molecule has 2 heteroatoms. The Labute approximate surface area is 94.1 Å². The molecule has 2 aromatic carbocycles. The van der Waals surface area contributed by atoms with Crippen LogP contribution in [0.5, 0.6) is 0 Å². The highest BCUT2D eigenvalue weighted by molar-refractivity contribution is 6.05. The molecule has 0 fully saturated rings. The van der Waals surface area contributed by atoms with Crippen LogP contribution >= 0.6 is 0 Å². The fourth-order valence-electron chi connectivity index (χ4n) is 1.99. The summed E-state index contributed by atoms with van der Waals surface area (Å²) in [5.74, 6) is 0. The summed E-state index contributed by atoms with van der Waals surface area (Å²) in [6, 6.07) is 14.5. The van der Waals surface area contributed by atoms with Crippen LogP contribution in [-0.4, -0.2) is 14.1 Å². The van der Waals surface area contributed by atoms with Crippen LogP contribution in [0, 0.1) is 0 Å². The van der Waals surface area contributed by atoms with Crippen LogP contribution in [0.1, 0.15) is 0 Å². The molecule has 0 N–H and O–H groups in total. The molecule has 0 aliphatic rings. The summed E-state index contributed by atoms with van der Waals surface area (Å²) >= 11 is 0. The van der Waals surface area contributed by atoms with Crippen molar-refractivity contribution in [3.05, 3.63) is 42.5 Å². The average Bonchev–Trinajstić information content (AvgIpc) is 2.66. The van der Waals surface area contributed by atoms with E-state index in [1.807, 2.05) is 32.3 Å². The summed E-state index contributed by atoms with van der Waals surface area (Å²) < 4.78 is 5.82. The Morgan fingerprint density at radius 3 is 2.44 bits per heavy atom. The van der Waals surface area contributed by atoms with Gasteiger partial charge in [-0.15, -0.1) is 0 Å². The molecule has 0 atom stereocenters. The third-order valence-corrected chi connectivity index (χ3v) is 2.88. The second kappa shape index (κ2) is 3.27. The molecule has 1 heterocycles. The Morgan fingerprint density at radius 2 is 1.62 bits per heavy atom. The van der Waals surface area contributed by atoms with Crippen molar-refractivity contribution in [3.63, 3.8) is 0 Å². The van der Waals surface area contributed by atoms with Crippen LogP contribution in [0.3, 0.4) is 0 Å². The third kappa shape index (κ3) is 1.27. The van der Waals surface area contributed by atoms with Crippen LogP contribution in [-0.2, 0) is 0 Å². The largest absolute Gasteiger partial charge is 0.456 e. The van der Waals surface area contributed by atoms with Gasteiger partial charge in [-0.2, -0.15) is 0 Å². The number of para-hydroxylation sites is 1. The number of anilines is 1. The Morgan fingerprint density at radius 1 is 0.875 bits per heavy atom. The molecule has 0 saturated carbocycles. The van der Waals surface area contributed by atoms with Crippen LogP contribution in [0.25, 0.3) is 21.9 Å². The van der Waals surface area contributed by atoms with Crippen LogP contribution < -0.4 is 4.90 Å². The quantitative estimate of drug-likeness (QED) is 0.610. The topological polar surface area (TPSA) is 16.4 Å². The molecule has 0 saturated heterocycles. The molecule has 0 amide bonds. The highest BCUT2D eigenvalue weighted by Gasteiger charge is 2.06. The van der Waals surface area contributed by atoms with E-state index in [1.54, 1.807) is 0 Å². The Bertz CT molecular complexity index is 652. The third-order valence-electron chi connectivity index (χ3n) is 2.88. The van der Waals surface area contributed by atoms with Gasteiger partial charge in [0, 0.05) is 36.6 Å². The lowest BCUT2D eigenvalue weighted by molar-refractivity contribution is 0.669. The molecular formula is C14H13NO. The van der Waals surface area contributed by atoms with E-state index < -0.39 is 0 Å². The van der Waals surface area contributed by atoms with Gasteiger partial charge in [-0.25, -0.2) is 0 Å². The normalized spacial score (nSPS) is 11.1. The minimum atomic E-state index is 0.951. The number of hydrogen-bond donors (Lipinski definition) is 0. The van der Waals surface area contributed by atoms with Crippen molar-refractivity contribution in [3.8, 4) is 0 Å². The van der Waals surface area contributed by atoms with Gasteiger partial charge in [-0.1, -0.05) is 18.2 Å². The summed E-state index contributed by atoms with van der Waals surface area (Å²) in [6.07, 6.45) is 0. The van der Waals surface area contributed by atoms with Gasteiger partial charge in [0.2, 0.25) is 0 Å². The number of hydrogen-bond acceptors (Lipinski definition) is 2. The molecule has 80 valence electrons. The first-order valence-electron chi connectivity index (χ1n) is 5.34. The molecule has 3 rings (SSSR count). The van der Waals surface area contributed by atoms with Gasteiger partial charge in [-0.05, 0) is 18.2 Å². The van der Waals surface area contributed by atoms with E-state index in [0.717, 1.165) is 16.9 Å². The van der Waals surface area contributed by atoms with Crippen molar-refractivity contribution in [2.24, 2.45) is 0 Å². The fourth-order valence-corrected chi connectivity index (χ4v) is 1.99. The van der Waals surface area contributed by atoms with Gasteiger partial charge < -0.3 is 9.32 Å². The number of fused-ring (bicyclic) bond motifs is 3.